The van der Waals surface area contributed by atoms with Crippen molar-refractivity contribution in [2.45, 2.75) is 77.4 Å². The van der Waals surface area contributed by atoms with Crippen LogP contribution in [0.25, 0.3) is 0 Å². The molecular weight excluding hydrogens is 200 g/mol. The third-order valence-corrected chi connectivity index (χ3v) is 9.34. The molecule has 83 valence electrons. The Balaban J connectivity index is 3.49. The van der Waals surface area contributed by atoms with Crippen LogP contribution in [0.1, 0.15) is 59.3 Å². The van der Waals surface area contributed by atoms with Gasteiger partial charge in [0.25, 0.3) is 0 Å². The molecule has 0 aliphatic heterocycles. The van der Waals surface area contributed by atoms with Crippen molar-refractivity contribution < 1.29 is 0 Å². The van der Waals surface area contributed by atoms with Gasteiger partial charge in [0.05, 0.1) is 0 Å². The van der Waals surface area contributed by atoms with Crippen molar-refractivity contribution in [3.8, 4) is 0 Å². The first-order valence-electron chi connectivity index (χ1n) is 6.43. The monoisotopic (exact) mass is 227 g/mol. The maximum absolute atomic E-state index is 2.33. The minimum absolute atomic E-state index is 0.0854. The summed E-state index contributed by atoms with van der Waals surface area (Å²) in [5, 5.41) is 0. The van der Waals surface area contributed by atoms with Gasteiger partial charge in [-0.15, -0.1) is 0 Å². The third kappa shape index (κ3) is 9.01. The Kier molecular flexibility index (Phi) is 11.9. The van der Waals surface area contributed by atoms with Gasteiger partial charge in [0.15, 0.2) is 0 Å². The first kappa shape index (κ1) is 14.4. The molecule has 0 aliphatic carbocycles. The average Bonchev–Trinajstić information content (AvgIpc) is 2.21. The van der Waals surface area contributed by atoms with E-state index in [9.17, 15) is 0 Å². The van der Waals surface area contributed by atoms with Gasteiger partial charge in [-0.2, -0.15) is 0 Å². The van der Waals surface area contributed by atoms with E-state index in [1.807, 2.05) is 0 Å². The van der Waals surface area contributed by atoms with Crippen molar-refractivity contribution >= 4 is 17.4 Å². The molecule has 0 fully saturated rings. The normalized spacial score (nSPS) is 11.1. The highest BCUT2D eigenvalue weighted by Crippen LogP contribution is 2.11. The Morgan fingerprint density at radius 3 is 1.71 bits per heavy atom. The van der Waals surface area contributed by atoms with Crippen LogP contribution in [0.4, 0.5) is 0 Å². The minimum atomic E-state index is 0.0854. The summed E-state index contributed by atoms with van der Waals surface area (Å²) in [7, 11) is 1.44. The van der Waals surface area contributed by atoms with E-state index in [2.05, 4.69) is 20.8 Å². The molecule has 0 saturated carbocycles. The molecule has 0 unspecified atom stereocenters. The van der Waals surface area contributed by atoms with Crippen molar-refractivity contribution in [3.63, 3.8) is 0 Å². The molecule has 0 amide bonds. The van der Waals surface area contributed by atoms with Crippen LogP contribution in [0.2, 0.25) is 18.1 Å². The number of rotatable bonds is 10. The molecule has 0 N–H and O–H groups in total. The molecule has 0 rings (SSSR count). The summed E-state index contributed by atoms with van der Waals surface area (Å²) in [6, 6.07) is 4.74. The standard InChI is InChI=1S/C12H27Si2/c1-4-7-10-13-14(11-8-5-2)12-9-6-3/h4-12H2,1-3H3. The summed E-state index contributed by atoms with van der Waals surface area (Å²) in [6.07, 6.45) is 8.67. The van der Waals surface area contributed by atoms with Gasteiger partial charge in [-0.1, -0.05) is 77.4 Å². The van der Waals surface area contributed by atoms with E-state index >= 15 is 0 Å². The number of hydrogen-bond donors (Lipinski definition) is 0. The second-order valence-electron chi connectivity index (χ2n) is 4.09. The smallest absolute Gasteiger partial charge is 0.0343 e. The Morgan fingerprint density at radius 2 is 1.29 bits per heavy atom. The van der Waals surface area contributed by atoms with Crippen molar-refractivity contribution in [2.24, 2.45) is 0 Å². The second kappa shape index (κ2) is 11.5. The van der Waals surface area contributed by atoms with Crippen LogP contribution in [0.15, 0.2) is 0 Å². The summed E-state index contributed by atoms with van der Waals surface area (Å²) < 4.78 is 0. The van der Waals surface area contributed by atoms with E-state index in [-0.39, 0.29) is 8.31 Å². The lowest BCUT2D eigenvalue weighted by molar-refractivity contribution is 0.845. The summed E-state index contributed by atoms with van der Waals surface area (Å²) in [6.45, 7) is 6.97. The minimum Gasteiger partial charge on any atom is -0.0654 e. The molecule has 0 bridgehead atoms. The molecule has 3 radical (unpaired) electrons. The van der Waals surface area contributed by atoms with Crippen LogP contribution in [0.5, 0.6) is 0 Å². The van der Waals surface area contributed by atoms with Gasteiger partial charge in [0, 0.05) is 17.4 Å². The van der Waals surface area contributed by atoms with Gasteiger partial charge >= 0.3 is 0 Å². The summed E-state index contributed by atoms with van der Waals surface area (Å²) in [5.74, 6) is 0. The molecule has 0 aromatic heterocycles. The van der Waals surface area contributed by atoms with Crippen molar-refractivity contribution in [2.75, 3.05) is 0 Å². The van der Waals surface area contributed by atoms with Gasteiger partial charge in [-0.05, 0) is 0 Å². The highest BCUT2D eigenvalue weighted by Gasteiger charge is 2.09. The zero-order valence-corrected chi connectivity index (χ0v) is 12.4. The summed E-state index contributed by atoms with van der Waals surface area (Å²) >= 11 is 0. The van der Waals surface area contributed by atoms with Gasteiger partial charge < -0.3 is 0 Å². The molecule has 0 aromatic rings. The first-order chi connectivity index (χ1) is 6.85. The molecule has 14 heavy (non-hydrogen) atoms. The van der Waals surface area contributed by atoms with E-state index in [1.54, 1.807) is 12.1 Å². The molecule has 0 nitrogen and oxygen atoms in total. The lowest BCUT2D eigenvalue weighted by Gasteiger charge is -2.13. The SMILES string of the molecule is CCCC[Si][Si](CCCC)CCCC. The van der Waals surface area contributed by atoms with E-state index in [1.165, 1.54) is 53.6 Å². The summed E-state index contributed by atoms with van der Waals surface area (Å²) in [4.78, 5) is 0. The topological polar surface area (TPSA) is 0 Å². The molecule has 0 aromatic carbocycles. The van der Waals surface area contributed by atoms with E-state index in [0.717, 1.165) is 0 Å². The first-order valence-corrected chi connectivity index (χ1v) is 10.6. The molecule has 2 heteroatoms. The zero-order chi connectivity index (χ0) is 10.6. The summed E-state index contributed by atoms with van der Waals surface area (Å²) in [5.41, 5.74) is 0. The Morgan fingerprint density at radius 1 is 0.786 bits per heavy atom. The van der Waals surface area contributed by atoms with Crippen molar-refractivity contribution in [3.05, 3.63) is 0 Å². The fraction of sp³-hybridized carbons (Fsp3) is 1.00. The average molecular weight is 228 g/mol. The quantitative estimate of drug-likeness (QED) is 0.381. The van der Waals surface area contributed by atoms with Crippen LogP contribution in [-0.2, 0) is 0 Å². The van der Waals surface area contributed by atoms with Crippen LogP contribution in [0, 0.1) is 0 Å². The van der Waals surface area contributed by atoms with E-state index in [0.29, 0.717) is 0 Å². The van der Waals surface area contributed by atoms with E-state index in [4.69, 9.17) is 0 Å². The lowest BCUT2D eigenvalue weighted by Crippen LogP contribution is -2.21. The maximum atomic E-state index is 2.33. The molecule has 0 saturated heterocycles. The van der Waals surface area contributed by atoms with Crippen molar-refractivity contribution in [1.29, 1.82) is 0 Å². The van der Waals surface area contributed by atoms with Crippen molar-refractivity contribution in [1.82, 2.24) is 0 Å². The fourth-order valence-corrected chi connectivity index (χ4v) is 8.28. The third-order valence-electron chi connectivity index (χ3n) is 2.57. The van der Waals surface area contributed by atoms with Crippen LogP contribution < -0.4 is 0 Å². The van der Waals surface area contributed by atoms with Crippen LogP contribution in [-0.4, -0.2) is 17.4 Å². The molecule has 0 atom stereocenters. The molecule has 0 spiro atoms. The Hall–Kier alpha value is 0.434. The van der Waals surface area contributed by atoms with Gasteiger partial charge in [-0.25, -0.2) is 0 Å². The van der Waals surface area contributed by atoms with Crippen LogP contribution >= 0.6 is 0 Å². The number of hydrogen-bond acceptors (Lipinski definition) is 0. The van der Waals surface area contributed by atoms with E-state index < -0.39 is 0 Å². The Labute approximate surface area is 95.1 Å². The van der Waals surface area contributed by atoms with Gasteiger partial charge in [0.1, 0.15) is 0 Å². The van der Waals surface area contributed by atoms with Gasteiger partial charge in [0.2, 0.25) is 0 Å². The molecule has 0 heterocycles. The highest BCUT2D eigenvalue weighted by molar-refractivity contribution is 7.12. The van der Waals surface area contributed by atoms with Crippen LogP contribution in [0.3, 0.4) is 0 Å². The fourth-order valence-electron chi connectivity index (χ4n) is 1.52. The number of unbranched alkanes of at least 4 members (excludes halogenated alkanes) is 3. The molecule has 0 aliphatic rings. The molecular formula is C12H27Si2. The van der Waals surface area contributed by atoms with Gasteiger partial charge in [-0.3, -0.25) is 0 Å². The lowest BCUT2D eigenvalue weighted by atomic mass is 10.4. The maximum Gasteiger partial charge on any atom is 0.0343 e. The Bertz CT molecular complexity index is 96.5. The largest absolute Gasteiger partial charge is 0.0654 e. The highest BCUT2D eigenvalue weighted by atomic mass is 29.2. The predicted octanol–water partition coefficient (Wildman–Crippen LogP) is 4.50. The second-order valence-corrected chi connectivity index (χ2v) is 10.3. The zero-order valence-electron chi connectivity index (χ0n) is 10.4. The predicted molar refractivity (Wildman–Crippen MR) is 70.7 cm³/mol.